The summed E-state index contributed by atoms with van der Waals surface area (Å²) in [7, 11) is 0. The molecule has 1 N–H and O–H groups in total. The smallest absolute Gasteiger partial charge is 0.260 e. The Labute approximate surface area is 155 Å². The van der Waals surface area contributed by atoms with Crippen LogP contribution in [0.4, 0.5) is 0 Å². The third-order valence-corrected chi connectivity index (χ3v) is 4.32. The number of carbonyl (C=O) groups excluding carboxylic acids is 2. The van der Waals surface area contributed by atoms with Crippen molar-refractivity contribution in [2.24, 2.45) is 0 Å². The molecular weight excluding hydrogens is 330 g/mol. The largest absolute Gasteiger partial charge is 0.484 e. The summed E-state index contributed by atoms with van der Waals surface area (Å²) < 4.78 is 11.6. The lowest BCUT2D eigenvalue weighted by atomic mass is 9.89. The van der Waals surface area contributed by atoms with Crippen molar-refractivity contribution in [1.82, 2.24) is 5.32 Å². The molecule has 1 aromatic rings. The first-order chi connectivity index (χ1) is 12.5. The van der Waals surface area contributed by atoms with E-state index in [0.717, 1.165) is 19.3 Å². The molecule has 1 amide bonds. The molecule has 2 rings (SSSR count). The number of amides is 1. The number of hydrogen-bond donors (Lipinski definition) is 1. The number of unbranched alkanes of at least 4 members (excludes halogenated alkanes) is 2. The topological polar surface area (TPSA) is 64.6 Å². The average molecular weight is 357 g/mol. The van der Waals surface area contributed by atoms with Crippen LogP contribution >= 0.6 is 0 Å². The van der Waals surface area contributed by atoms with Gasteiger partial charge in [-0.3, -0.25) is 9.59 Å². The van der Waals surface area contributed by atoms with Gasteiger partial charge >= 0.3 is 0 Å². The number of ether oxygens (including phenoxy) is 2. The highest BCUT2D eigenvalue weighted by Crippen LogP contribution is 2.31. The number of rotatable bonds is 9. The lowest BCUT2D eigenvalue weighted by molar-refractivity contribution is -0.131. The van der Waals surface area contributed by atoms with E-state index >= 15 is 0 Å². The molecular formula is C21H27NO4. The molecule has 0 unspecified atom stereocenters. The molecule has 1 aliphatic carbocycles. The predicted molar refractivity (Wildman–Crippen MR) is 101 cm³/mol. The van der Waals surface area contributed by atoms with Crippen LogP contribution in [0.3, 0.4) is 0 Å². The van der Waals surface area contributed by atoms with Gasteiger partial charge in [-0.2, -0.15) is 0 Å². The highest BCUT2D eigenvalue weighted by molar-refractivity contribution is 6.02. The summed E-state index contributed by atoms with van der Waals surface area (Å²) >= 11 is 0. The minimum atomic E-state index is -1.08. The van der Waals surface area contributed by atoms with E-state index in [4.69, 9.17) is 9.47 Å². The van der Waals surface area contributed by atoms with Gasteiger partial charge in [-0.1, -0.05) is 38.0 Å². The molecule has 0 heterocycles. The SMILES string of the molecule is CCCCCOC1(NC(=O)COc2ccccc2)C(C)=CC(=O)C=C1C. The second-order valence-corrected chi connectivity index (χ2v) is 6.44. The van der Waals surface area contributed by atoms with Crippen LogP contribution in [0.25, 0.3) is 0 Å². The van der Waals surface area contributed by atoms with E-state index in [9.17, 15) is 9.59 Å². The predicted octanol–water partition coefficient (Wildman–Crippen LogP) is 3.56. The Hall–Kier alpha value is -2.40. The van der Waals surface area contributed by atoms with Crippen molar-refractivity contribution in [1.29, 1.82) is 0 Å². The Morgan fingerprint density at radius 3 is 2.35 bits per heavy atom. The highest BCUT2D eigenvalue weighted by Gasteiger charge is 2.39. The van der Waals surface area contributed by atoms with Crippen molar-refractivity contribution >= 4 is 11.7 Å². The van der Waals surface area contributed by atoms with E-state index in [1.54, 1.807) is 26.0 Å². The van der Waals surface area contributed by atoms with Crippen LogP contribution < -0.4 is 10.1 Å². The van der Waals surface area contributed by atoms with Gasteiger partial charge in [0.15, 0.2) is 18.1 Å². The minimum Gasteiger partial charge on any atom is -0.484 e. The molecule has 0 aromatic heterocycles. The van der Waals surface area contributed by atoms with Crippen LogP contribution in [0.2, 0.25) is 0 Å². The molecule has 5 heteroatoms. The lowest BCUT2D eigenvalue weighted by Gasteiger charge is -2.38. The molecule has 5 nitrogen and oxygen atoms in total. The molecule has 0 atom stereocenters. The summed E-state index contributed by atoms with van der Waals surface area (Å²) in [5, 5.41) is 2.92. The van der Waals surface area contributed by atoms with Gasteiger partial charge < -0.3 is 14.8 Å². The number of ketones is 1. The monoisotopic (exact) mass is 357 g/mol. The van der Waals surface area contributed by atoms with Gasteiger partial charge in [0.1, 0.15) is 5.75 Å². The van der Waals surface area contributed by atoms with Gasteiger partial charge in [0.25, 0.3) is 5.91 Å². The number of benzene rings is 1. The second kappa shape index (κ2) is 9.34. The average Bonchev–Trinajstić information content (AvgIpc) is 2.62. The lowest BCUT2D eigenvalue weighted by Crippen LogP contribution is -2.55. The first-order valence-electron chi connectivity index (χ1n) is 9.02. The number of para-hydroxylation sites is 1. The Bertz CT molecular complexity index is 669. The molecule has 0 fully saturated rings. The highest BCUT2D eigenvalue weighted by atomic mass is 16.5. The standard InChI is InChI=1S/C21H27NO4/c1-4-5-9-12-26-21(16(2)13-18(23)14-17(21)3)22-20(24)15-25-19-10-7-6-8-11-19/h6-8,10-11,13-14H,4-5,9,12,15H2,1-3H3,(H,22,24). The summed E-state index contributed by atoms with van der Waals surface area (Å²) in [6, 6.07) is 9.16. The maximum absolute atomic E-state index is 12.5. The van der Waals surface area contributed by atoms with E-state index < -0.39 is 5.72 Å². The van der Waals surface area contributed by atoms with Crippen molar-refractivity contribution in [3.05, 3.63) is 53.6 Å². The Kier molecular flexibility index (Phi) is 7.16. The molecule has 26 heavy (non-hydrogen) atoms. The summed E-state index contributed by atoms with van der Waals surface area (Å²) in [5.41, 5.74) is 0.262. The van der Waals surface area contributed by atoms with Gasteiger partial charge in [0.05, 0.1) is 6.61 Å². The number of nitrogens with one attached hydrogen (secondary N) is 1. The van der Waals surface area contributed by atoms with Crippen LogP contribution in [0.5, 0.6) is 5.75 Å². The zero-order valence-electron chi connectivity index (χ0n) is 15.7. The van der Waals surface area contributed by atoms with E-state index in [0.29, 0.717) is 23.5 Å². The second-order valence-electron chi connectivity index (χ2n) is 6.44. The van der Waals surface area contributed by atoms with Gasteiger partial charge in [0, 0.05) is 0 Å². The fourth-order valence-electron chi connectivity index (χ4n) is 2.92. The molecule has 0 saturated carbocycles. The van der Waals surface area contributed by atoms with Crippen molar-refractivity contribution in [2.75, 3.05) is 13.2 Å². The number of hydrogen-bond acceptors (Lipinski definition) is 4. The molecule has 0 radical (unpaired) electrons. The van der Waals surface area contributed by atoms with Crippen LogP contribution in [0.1, 0.15) is 40.0 Å². The van der Waals surface area contributed by atoms with Crippen molar-refractivity contribution < 1.29 is 19.1 Å². The van der Waals surface area contributed by atoms with Crippen LogP contribution in [-0.2, 0) is 14.3 Å². The zero-order valence-corrected chi connectivity index (χ0v) is 15.7. The molecule has 1 aliphatic rings. The summed E-state index contributed by atoms with van der Waals surface area (Å²) in [6.07, 6.45) is 6.03. The molecule has 1 aromatic carbocycles. The molecule has 0 saturated heterocycles. The van der Waals surface area contributed by atoms with Gasteiger partial charge in [-0.25, -0.2) is 0 Å². The first kappa shape index (κ1) is 19.9. The van der Waals surface area contributed by atoms with Crippen molar-refractivity contribution in [3.8, 4) is 5.75 Å². The summed E-state index contributed by atoms with van der Waals surface area (Å²) in [5.74, 6) is 0.223. The Morgan fingerprint density at radius 2 is 1.73 bits per heavy atom. The van der Waals surface area contributed by atoms with Gasteiger partial charge in [-0.15, -0.1) is 0 Å². The van der Waals surface area contributed by atoms with Crippen LogP contribution in [0, 0.1) is 0 Å². The minimum absolute atomic E-state index is 0.0948. The first-order valence-corrected chi connectivity index (χ1v) is 9.02. The molecule has 140 valence electrons. The van der Waals surface area contributed by atoms with Gasteiger partial charge in [-0.05, 0) is 55.7 Å². The van der Waals surface area contributed by atoms with Crippen LogP contribution in [0.15, 0.2) is 53.6 Å². The Morgan fingerprint density at radius 1 is 1.08 bits per heavy atom. The van der Waals surface area contributed by atoms with Crippen LogP contribution in [-0.4, -0.2) is 30.6 Å². The molecule has 0 bridgehead atoms. The zero-order chi connectivity index (χ0) is 19.0. The fraction of sp³-hybridized carbons (Fsp3) is 0.429. The maximum Gasteiger partial charge on any atom is 0.260 e. The Balaban J connectivity index is 2.08. The van der Waals surface area contributed by atoms with Crippen molar-refractivity contribution in [2.45, 2.75) is 45.8 Å². The van der Waals surface area contributed by atoms with E-state index in [-0.39, 0.29) is 18.3 Å². The molecule has 0 aliphatic heterocycles. The quantitative estimate of drug-likeness (QED) is 0.542. The van der Waals surface area contributed by atoms with E-state index in [1.807, 2.05) is 18.2 Å². The summed E-state index contributed by atoms with van der Waals surface area (Å²) in [6.45, 7) is 6.09. The summed E-state index contributed by atoms with van der Waals surface area (Å²) in [4.78, 5) is 24.3. The van der Waals surface area contributed by atoms with Gasteiger partial charge in [0.2, 0.25) is 0 Å². The maximum atomic E-state index is 12.5. The normalized spacial score (nSPS) is 15.9. The number of allylic oxidation sites excluding steroid dienone is 2. The third-order valence-electron chi connectivity index (χ3n) is 4.32. The fourth-order valence-corrected chi connectivity index (χ4v) is 2.92. The van der Waals surface area contributed by atoms with E-state index in [2.05, 4.69) is 12.2 Å². The third kappa shape index (κ3) is 5.05. The number of carbonyl (C=O) groups is 2. The molecule has 0 spiro atoms. The van der Waals surface area contributed by atoms with Crippen molar-refractivity contribution in [3.63, 3.8) is 0 Å². The van der Waals surface area contributed by atoms with E-state index in [1.165, 1.54) is 12.2 Å².